The zero-order chi connectivity index (χ0) is 16.9. The van der Waals surface area contributed by atoms with Crippen LogP contribution in [0.5, 0.6) is 5.75 Å². The van der Waals surface area contributed by atoms with E-state index in [2.05, 4.69) is 17.1 Å². The van der Waals surface area contributed by atoms with Gasteiger partial charge in [-0.1, -0.05) is 24.3 Å². The molecule has 3 nitrogen and oxygen atoms in total. The van der Waals surface area contributed by atoms with E-state index in [4.69, 9.17) is 4.74 Å². The van der Waals surface area contributed by atoms with Crippen LogP contribution >= 0.6 is 11.8 Å². The highest BCUT2D eigenvalue weighted by Gasteiger charge is 2.09. The molecule has 1 aromatic heterocycles. The summed E-state index contributed by atoms with van der Waals surface area (Å²) in [5.41, 5.74) is 2.72. The smallest absolute Gasteiger partial charge is 0.159 e. The summed E-state index contributed by atoms with van der Waals surface area (Å²) in [5.74, 6) is 1.60. The van der Waals surface area contributed by atoms with Gasteiger partial charge in [-0.3, -0.25) is 4.79 Å². The number of ether oxygens (including phenoxy) is 1. The largest absolute Gasteiger partial charge is 0.494 e. The van der Waals surface area contributed by atoms with E-state index in [-0.39, 0.29) is 5.78 Å². The fourth-order valence-electron chi connectivity index (χ4n) is 2.49. The number of thioether (sulfide) groups is 1. The van der Waals surface area contributed by atoms with E-state index in [1.54, 1.807) is 18.7 Å². The van der Waals surface area contributed by atoms with Crippen LogP contribution in [-0.4, -0.2) is 17.4 Å². The molecule has 0 saturated heterocycles. The Balaban J connectivity index is 1.83. The van der Waals surface area contributed by atoms with Gasteiger partial charge in [-0.05, 0) is 44.2 Å². The summed E-state index contributed by atoms with van der Waals surface area (Å²) >= 11 is 1.65. The predicted octanol–water partition coefficient (Wildman–Crippen LogP) is 5.13. The molecule has 0 unspecified atom stereocenters. The predicted molar refractivity (Wildman–Crippen MR) is 98.9 cm³/mol. The minimum absolute atomic E-state index is 0.0631. The van der Waals surface area contributed by atoms with Crippen molar-refractivity contribution in [2.75, 3.05) is 6.61 Å². The Morgan fingerprint density at radius 1 is 1.12 bits per heavy atom. The molecule has 0 bridgehead atoms. The van der Waals surface area contributed by atoms with Gasteiger partial charge in [0.05, 0.1) is 17.1 Å². The number of benzene rings is 2. The van der Waals surface area contributed by atoms with E-state index in [9.17, 15) is 4.79 Å². The summed E-state index contributed by atoms with van der Waals surface area (Å²) in [4.78, 5) is 16.3. The van der Waals surface area contributed by atoms with Crippen LogP contribution < -0.4 is 4.74 Å². The highest BCUT2D eigenvalue weighted by molar-refractivity contribution is 7.98. The summed E-state index contributed by atoms with van der Waals surface area (Å²) in [5, 5.41) is 2.10. The number of carbonyl (C=O) groups is 1. The number of hydrogen-bond acceptors (Lipinski definition) is 4. The highest BCUT2D eigenvalue weighted by atomic mass is 32.2. The van der Waals surface area contributed by atoms with Crippen LogP contribution in [0, 0.1) is 0 Å². The first-order valence-electron chi connectivity index (χ1n) is 7.92. The average Bonchev–Trinajstić information content (AvgIpc) is 2.60. The number of hydrogen-bond donors (Lipinski definition) is 0. The van der Waals surface area contributed by atoms with E-state index >= 15 is 0 Å². The molecule has 24 heavy (non-hydrogen) atoms. The van der Waals surface area contributed by atoms with Crippen molar-refractivity contribution in [2.24, 2.45) is 0 Å². The third-order valence-electron chi connectivity index (χ3n) is 3.72. The highest BCUT2D eigenvalue weighted by Crippen LogP contribution is 2.29. The fourth-order valence-corrected chi connectivity index (χ4v) is 3.34. The zero-order valence-electron chi connectivity index (χ0n) is 13.8. The van der Waals surface area contributed by atoms with Gasteiger partial charge in [-0.25, -0.2) is 4.98 Å². The molecular formula is C20H19NO2S. The van der Waals surface area contributed by atoms with Crippen molar-refractivity contribution < 1.29 is 9.53 Å². The van der Waals surface area contributed by atoms with Crippen LogP contribution in [0.1, 0.15) is 29.8 Å². The Kier molecular flexibility index (Phi) is 5.16. The molecule has 0 saturated carbocycles. The zero-order valence-corrected chi connectivity index (χ0v) is 14.6. The van der Waals surface area contributed by atoms with Gasteiger partial charge in [0.1, 0.15) is 5.75 Å². The van der Waals surface area contributed by atoms with Gasteiger partial charge in [0.15, 0.2) is 5.78 Å². The standard InChI is InChI=1S/C20H19NO2S/c1-3-23-19-10-8-16(14(2)22)12-17(19)13-24-20-11-9-15-6-4-5-7-18(15)21-20/h4-12H,3,13H2,1-2H3. The molecule has 0 N–H and O–H groups in total. The third kappa shape index (κ3) is 3.77. The molecule has 4 heteroatoms. The van der Waals surface area contributed by atoms with E-state index in [0.717, 1.165) is 27.2 Å². The molecule has 0 atom stereocenters. The lowest BCUT2D eigenvalue weighted by Crippen LogP contribution is -1.99. The number of nitrogens with zero attached hydrogens (tertiary/aromatic N) is 1. The third-order valence-corrected chi connectivity index (χ3v) is 4.69. The van der Waals surface area contributed by atoms with Gasteiger partial charge < -0.3 is 4.74 Å². The number of ketones is 1. The normalized spacial score (nSPS) is 10.8. The van der Waals surface area contributed by atoms with Crippen molar-refractivity contribution in [1.82, 2.24) is 4.98 Å². The van der Waals surface area contributed by atoms with E-state index in [1.807, 2.05) is 49.4 Å². The SMILES string of the molecule is CCOc1ccc(C(C)=O)cc1CSc1ccc2ccccc2n1. The van der Waals surface area contributed by atoms with Crippen molar-refractivity contribution in [1.29, 1.82) is 0 Å². The lowest BCUT2D eigenvalue weighted by atomic mass is 10.1. The number of aromatic nitrogens is 1. The van der Waals surface area contributed by atoms with Crippen molar-refractivity contribution in [3.05, 3.63) is 65.7 Å². The topological polar surface area (TPSA) is 39.2 Å². The molecule has 0 aliphatic rings. The maximum Gasteiger partial charge on any atom is 0.159 e. The van der Waals surface area contributed by atoms with Crippen LogP contribution in [0.3, 0.4) is 0 Å². The fraction of sp³-hybridized carbons (Fsp3) is 0.200. The second kappa shape index (κ2) is 7.49. The lowest BCUT2D eigenvalue weighted by molar-refractivity contribution is 0.101. The van der Waals surface area contributed by atoms with Crippen LogP contribution in [0.15, 0.2) is 59.6 Å². The Morgan fingerprint density at radius 2 is 1.96 bits per heavy atom. The first-order valence-corrected chi connectivity index (χ1v) is 8.91. The van der Waals surface area contributed by atoms with Crippen LogP contribution in [0.4, 0.5) is 0 Å². The molecule has 122 valence electrons. The summed E-state index contributed by atoms with van der Waals surface area (Å²) in [7, 11) is 0. The van der Waals surface area contributed by atoms with Crippen molar-refractivity contribution in [3.63, 3.8) is 0 Å². The minimum Gasteiger partial charge on any atom is -0.494 e. The second-order valence-electron chi connectivity index (χ2n) is 5.44. The van der Waals surface area contributed by atoms with Gasteiger partial charge in [0.25, 0.3) is 0 Å². The molecule has 3 rings (SSSR count). The molecule has 0 spiro atoms. The number of fused-ring (bicyclic) bond motifs is 1. The Hall–Kier alpha value is -2.33. The number of para-hydroxylation sites is 1. The number of carbonyl (C=O) groups excluding carboxylic acids is 1. The lowest BCUT2D eigenvalue weighted by Gasteiger charge is -2.11. The quantitative estimate of drug-likeness (QED) is 0.462. The molecular weight excluding hydrogens is 318 g/mol. The Labute approximate surface area is 146 Å². The monoisotopic (exact) mass is 337 g/mol. The van der Waals surface area contributed by atoms with Gasteiger partial charge in [0.2, 0.25) is 0 Å². The van der Waals surface area contributed by atoms with Crippen molar-refractivity contribution in [3.8, 4) is 5.75 Å². The second-order valence-corrected chi connectivity index (χ2v) is 6.44. The first kappa shape index (κ1) is 16.5. The maximum atomic E-state index is 11.6. The average molecular weight is 337 g/mol. The molecule has 0 aliphatic carbocycles. The number of pyridine rings is 1. The summed E-state index contributed by atoms with van der Waals surface area (Å²) < 4.78 is 5.69. The van der Waals surface area contributed by atoms with Gasteiger partial charge in [-0.2, -0.15) is 0 Å². The summed E-state index contributed by atoms with van der Waals surface area (Å²) in [6.07, 6.45) is 0. The molecule has 0 amide bonds. The van der Waals surface area contributed by atoms with Crippen LogP contribution in [-0.2, 0) is 5.75 Å². The van der Waals surface area contributed by atoms with Gasteiger partial charge >= 0.3 is 0 Å². The van der Waals surface area contributed by atoms with Gasteiger partial charge in [-0.15, -0.1) is 11.8 Å². The molecule has 0 radical (unpaired) electrons. The van der Waals surface area contributed by atoms with E-state index in [0.29, 0.717) is 17.9 Å². The molecule has 3 aromatic rings. The minimum atomic E-state index is 0.0631. The molecule has 2 aromatic carbocycles. The van der Waals surface area contributed by atoms with Gasteiger partial charge in [0, 0.05) is 22.3 Å². The first-order chi connectivity index (χ1) is 11.7. The number of Topliss-reactive ketones (excluding diaryl/α,β-unsaturated/α-hetero) is 1. The molecule has 1 heterocycles. The maximum absolute atomic E-state index is 11.6. The van der Waals surface area contributed by atoms with Crippen molar-refractivity contribution >= 4 is 28.4 Å². The van der Waals surface area contributed by atoms with E-state index < -0.39 is 0 Å². The van der Waals surface area contributed by atoms with E-state index in [1.165, 1.54) is 0 Å². The summed E-state index contributed by atoms with van der Waals surface area (Å²) in [6.45, 7) is 4.14. The van der Waals surface area contributed by atoms with Crippen LogP contribution in [0.25, 0.3) is 10.9 Å². The molecule has 0 fully saturated rings. The summed E-state index contributed by atoms with van der Waals surface area (Å²) in [6, 6.07) is 17.8. The Morgan fingerprint density at radius 3 is 2.75 bits per heavy atom. The van der Waals surface area contributed by atoms with Crippen LogP contribution in [0.2, 0.25) is 0 Å². The molecule has 0 aliphatic heterocycles. The number of rotatable bonds is 6. The van der Waals surface area contributed by atoms with Crippen molar-refractivity contribution in [2.45, 2.75) is 24.6 Å². The Bertz CT molecular complexity index is 876.